The van der Waals surface area contributed by atoms with Crippen molar-refractivity contribution in [2.45, 2.75) is 38.2 Å². The van der Waals surface area contributed by atoms with Gasteiger partial charge < -0.3 is 9.84 Å². The van der Waals surface area contributed by atoms with E-state index in [1.165, 1.54) is 0 Å². The number of fused-ring (bicyclic) bond motifs is 1. The Bertz CT molecular complexity index is 468. The van der Waals surface area contributed by atoms with Gasteiger partial charge in [-0.2, -0.15) is 0 Å². The van der Waals surface area contributed by atoms with Crippen molar-refractivity contribution in [3.8, 4) is 11.5 Å². The molecule has 1 spiro atoms. The molecule has 1 saturated carbocycles. The van der Waals surface area contributed by atoms with Gasteiger partial charge in [-0.3, -0.25) is 0 Å². The number of hydrogen-bond donors (Lipinski definition) is 1. The summed E-state index contributed by atoms with van der Waals surface area (Å²) in [4.78, 5) is 0. The van der Waals surface area contributed by atoms with Crippen molar-refractivity contribution >= 4 is 6.08 Å². The van der Waals surface area contributed by atoms with Crippen LogP contribution < -0.4 is 4.74 Å². The third-order valence-electron chi connectivity index (χ3n) is 3.42. The summed E-state index contributed by atoms with van der Waals surface area (Å²) in [5, 5.41) is 9.95. The fourth-order valence-electron chi connectivity index (χ4n) is 2.10. The summed E-state index contributed by atoms with van der Waals surface area (Å²) in [6, 6.07) is 3.89. The normalized spacial score (nSPS) is 19.7. The van der Waals surface area contributed by atoms with Crippen molar-refractivity contribution < 1.29 is 9.84 Å². The van der Waals surface area contributed by atoms with Crippen LogP contribution in [-0.2, 0) is 0 Å². The minimum atomic E-state index is -0.0466. The van der Waals surface area contributed by atoms with E-state index in [1.807, 2.05) is 12.1 Å². The Hall–Kier alpha value is -1.44. The van der Waals surface area contributed by atoms with Crippen LogP contribution in [0.1, 0.15) is 43.7 Å². The van der Waals surface area contributed by atoms with E-state index in [0.29, 0.717) is 11.7 Å². The molecule has 1 aromatic carbocycles. The van der Waals surface area contributed by atoms with Gasteiger partial charge in [-0.05, 0) is 48.6 Å². The van der Waals surface area contributed by atoms with Crippen LogP contribution in [0.4, 0.5) is 0 Å². The van der Waals surface area contributed by atoms with E-state index in [4.69, 9.17) is 4.74 Å². The zero-order valence-corrected chi connectivity index (χ0v) is 9.66. The third-order valence-corrected chi connectivity index (χ3v) is 3.42. The number of aromatic hydroxyl groups is 1. The van der Waals surface area contributed by atoms with E-state index in [2.05, 4.69) is 26.0 Å². The highest BCUT2D eigenvalue weighted by atomic mass is 16.5. The highest BCUT2D eigenvalue weighted by Crippen LogP contribution is 2.48. The molecule has 2 heteroatoms. The molecule has 0 bridgehead atoms. The lowest BCUT2D eigenvalue weighted by Crippen LogP contribution is -2.18. The highest BCUT2D eigenvalue weighted by molar-refractivity contribution is 5.68. The van der Waals surface area contributed by atoms with Gasteiger partial charge in [0.2, 0.25) is 0 Å². The first kappa shape index (κ1) is 9.76. The van der Waals surface area contributed by atoms with Crippen molar-refractivity contribution in [2.75, 3.05) is 0 Å². The molecular weight excluding hydrogens is 200 g/mol. The number of ether oxygens (including phenoxy) is 1. The van der Waals surface area contributed by atoms with Crippen LogP contribution in [0.5, 0.6) is 11.5 Å². The quantitative estimate of drug-likeness (QED) is 0.779. The fraction of sp³-hybridized carbons (Fsp3) is 0.429. The molecule has 1 heterocycles. The zero-order valence-electron chi connectivity index (χ0n) is 9.66. The molecular formula is C14H16O2. The topological polar surface area (TPSA) is 29.5 Å². The van der Waals surface area contributed by atoms with Crippen LogP contribution in [-0.4, -0.2) is 10.7 Å². The van der Waals surface area contributed by atoms with Crippen LogP contribution in [0.25, 0.3) is 6.08 Å². The van der Waals surface area contributed by atoms with E-state index < -0.39 is 0 Å². The van der Waals surface area contributed by atoms with Gasteiger partial charge in [0.25, 0.3) is 0 Å². The first-order chi connectivity index (χ1) is 7.60. The second-order valence-electron chi connectivity index (χ2n) is 5.11. The second-order valence-corrected chi connectivity index (χ2v) is 5.11. The minimum absolute atomic E-state index is 0.0466. The molecule has 1 N–H and O–H groups in total. The number of phenols is 1. The predicted octanol–water partition coefficient (Wildman–Crippen LogP) is 3.45. The summed E-state index contributed by atoms with van der Waals surface area (Å²) in [6.45, 7) is 4.24. The summed E-state index contributed by atoms with van der Waals surface area (Å²) in [5.41, 5.74) is 1.90. The smallest absolute Gasteiger partial charge is 0.131 e. The summed E-state index contributed by atoms with van der Waals surface area (Å²) in [6.07, 6.45) is 6.25. The summed E-state index contributed by atoms with van der Waals surface area (Å²) in [7, 11) is 0. The van der Waals surface area contributed by atoms with E-state index >= 15 is 0 Å². The molecule has 16 heavy (non-hydrogen) atoms. The predicted molar refractivity (Wildman–Crippen MR) is 63.8 cm³/mol. The molecule has 3 rings (SSSR count). The van der Waals surface area contributed by atoms with Crippen LogP contribution in [0.3, 0.4) is 0 Å². The number of benzene rings is 1. The Balaban J connectivity index is 2.09. The number of rotatable bonds is 1. The summed E-state index contributed by atoms with van der Waals surface area (Å²) < 4.78 is 5.96. The van der Waals surface area contributed by atoms with Crippen molar-refractivity contribution in [3.63, 3.8) is 0 Å². The van der Waals surface area contributed by atoms with Gasteiger partial charge in [-0.25, -0.2) is 0 Å². The molecule has 1 aliphatic carbocycles. The first-order valence-electron chi connectivity index (χ1n) is 5.85. The molecule has 84 valence electrons. The molecule has 1 aromatic rings. The third kappa shape index (κ3) is 1.41. The van der Waals surface area contributed by atoms with Gasteiger partial charge in [-0.1, -0.05) is 13.8 Å². The van der Waals surface area contributed by atoms with E-state index in [1.54, 1.807) is 0 Å². The van der Waals surface area contributed by atoms with Crippen molar-refractivity contribution in [1.82, 2.24) is 0 Å². The molecule has 2 nitrogen and oxygen atoms in total. The van der Waals surface area contributed by atoms with E-state index in [9.17, 15) is 5.11 Å². The van der Waals surface area contributed by atoms with Crippen LogP contribution in [0.2, 0.25) is 0 Å². The van der Waals surface area contributed by atoms with Gasteiger partial charge in [0, 0.05) is 0 Å². The maximum atomic E-state index is 9.95. The maximum Gasteiger partial charge on any atom is 0.131 e. The standard InChI is InChI=1S/C14H16O2/c1-9(2)10-7-12(15)11-3-4-14(5-6-14)16-13(11)8-10/h3-4,7-9,15H,5-6H2,1-2H3. The first-order valence-corrected chi connectivity index (χ1v) is 5.85. The molecule has 0 unspecified atom stereocenters. The molecule has 1 fully saturated rings. The molecule has 0 aromatic heterocycles. The Morgan fingerprint density at radius 2 is 2.06 bits per heavy atom. The SMILES string of the molecule is CC(C)c1cc(O)c2c(c1)OC1(C=C2)CC1. The van der Waals surface area contributed by atoms with Gasteiger partial charge in [0.05, 0.1) is 5.56 Å². The average Bonchev–Trinajstić information content (AvgIpc) is 2.96. The Labute approximate surface area is 95.6 Å². The molecule has 0 radical (unpaired) electrons. The van der Waals surface area contributed by atoms with Crippen molar-refractivity contribution in [3.05, 3.63) is 29.3 Å². The average molecular weight is 216 g/mol. The molecule has 0 amide bonds. The number of hydrogen-bond acceptors (Lipinski definition) is 2. The Morgan fingerprint density at radius 3 is 2.69 bits per heavy atom. The van der Waals surface area contributed by atoms with Crippen LogP contribution >= 0.6 is 0 Å². The Kier molecular flexibility index (Phi) is 1.85. The number of phenolic OH excluding ortho intramolecular Hbond substituents is 1. The lowest BCUT2D eigenvalue weighted by molar-refractivity contribution is 0.225. The second kappa shape index (κ2) is 3.03. The molecule has 2 aliphatic rings. The van der Waals surface area contributed by atoms with Crippen LogP contribution in [0, 0.1) is 0 Å². The summed E-state index contributed by atoms with van der Waals surface area (Å²) in [5.74, 6) is 1.57. The van der Waals surface area contributed by atoms with E-state index in [-0.39, 0.29) is 5.60 Å². The zero-order chi connectivity index (χ0) is 11.3. The highest BCUT2D eigenvalue weighted by Gasteiger charge is 2.45. The monoisotopic (exact) mass is 216 g/mol. The van der Waals surface area contributed by atoms with E-state index in [0.717, 1.165) is 29.7 Å². The van der Waals surface area contributed by atoms with Gasteiger partial charge in [0.1, 0.15) is 17.1 Å². The largest absolute Gasteiger partial charge is 0.507 e. The van der Waals surface area contributed by atoms with Gasteiger partial charge in [0.15, 0.2) is 0 Å². The van der Waals surface area contributed by atoms with Crippen molar-refractivity contribution in [1.29, 1.82) is 0 Å². The maximum absolute atomic E-state index is 9.95. The lowest BCUT2D eigenvalue weighted by Gasteiger charge is -2.23. The van der Waals surface area contributed by atoms with Crippen molar-refractivity contribution in [2.24, 2.45) is 0 Å². The Morgan fingerprint density at radius 1 is 1.31 bits per heavy atom. The molecule has 1 aliphatic heterocycles. The molecule has 0 atom stereocenters. The lowest BCUT2D eigenvalue weighted by atomic mass is 9.98. The van der Waals surface area contributed by atoms with Gasteiger partial charge in [-0.15, -0.1) is 0 Å². The van der Waals surface area contributed by atoms with Gasteiger partial charge >= 0.3 is 0 Å². The fourth-order valence-corrected chi connectivity index (χ4v) is 2.10. The summed E-state index contributed by atoms with van der Waals surface area (Å²) >= 11 is 0. The van der Waals surface area contributed by atoms with Crippen LogP contribution in [0.15, 0.2) is 18.2 Å². The minimum Gasteiger partial charge on any atom is -0.507 e. The molecule has 0 saturated heterocycles.